The standard InChI is InChI=1S/C14H13ClN2O/c1-8-12(10-4-2-3-5-11(10)15)16-13(9-6-7-9)17-14(8)18/h2-5,9H,6-7H2,1H3,(H,16,17,18). The maximum absolute atomic E-state index is 11.9. The van der Waals surface area contributed by atoms with E-state index in [9.17, 15) is 4.79 Å². The minimum atomic E-state index is -0.0678. The van der Waals surface area contributed by atoms with E-state index in [4.69, 9.17) is 11.6 Å². The molecule has 1 saturated carbocycles. The van der Waals surface area contributed by atoms with Crippen LogP contribution in [0.5, 0.6) is 0 Å². The van der Waals surface area contributed by atoms with Crippen LogP contribution in [0.25, 0.3) is 11.3 Å². The Kier molecular flexibility index (Phi) is 2.71. The summed E-state index contributed by atoms with van der Waals surface area (Å²) in [6, 6.07) is 7.49. The lowest BCUT2D eigenvalue weighted by atomic mass is 10.1. The average Bonchev–Trinajstić information content (AvgIpc) is 3.18. The van der Waals surface area contributed by atoms with Crippen LogP contribution in [-0.4, -0.2) is 9.97 Å². The number of aromatic amines is 1. The SMILES string of the molecule is Cc1c(-c2ccccc2Cl)nc(C2CC2)[nH]c1=O. The number of rotatable bonds is 2. The van der Waals surface area contributed by atoms with E-state index in [2.05, 4.69) is 9.97 Å². The van der Waals surface area contributed by atoms with Crippen molar-refractivity contribution >= 4 is 11.6 Å². The van der Waals surface area contributed by atoms with Gasteiger partial charge in [0.1, 0.15) is 5.82 Å². The Morgan fingerprint density at radius 1 is 1.33 bits per heavy atom. The van der Waals surface area contributed by atoms with Crippen LogP contribution in [0, 0.1) is 6.92 Å². The molecule has 0 spiro atoms. The molecule has 1 aliphatic rings. The normalized spacial score (nSPS) is 14.8. The summed E-state index contributed by atoms with van der Waals surface area (Å²) in [7, 11) is 0. The molecule has 0 amide bonds. The maximum atomic E-state index is 11.9. The summed E-state index contributed by atoms with van der Waals surface area (Å²) in [6.45, 7) is 1.78. The molecule has 0 bridgehead atoms. The van der Waals surface area contributed by atoms with Gasteiger partial charge in [-0.3, -0.25) is 4.79 Å². The molecule has 1 heterocycles. The number of halogens is 1. The molecular formula is C14H13ClN2O. The van der Waals surface area contributed by atoms with Crippen LogP contribution >= 0.6 is 11.6 Å². The highest BCUT2D eigenvalue weighted by Gasteiger charge is 2.27. The van der Waals surface area contributed by atoms with Crippen LogP contribution < -0.4 is 5.56 Å². The minimum Gasteiger partial charge on any atom is -0.310 e. The van der Waals surface area contributed by atoms with Crippen LogP contribution in [0.15, 0.2) is 29.1 Å². The molecule has 1 aromatic carbocycles. The molecule has 4 heteroatoms. The van der Waals surface area contributed by atoms with Crippen molar-refractivity contribution in [1.29, 1.82) is 0 Å². The van der Waals surface area contributed by atoms with E-state index in [0.29, 0.717) is 22.2 Å². The molecule has 3 rings (SSSR count). The third kappa shape index (κ3) is 1.95. The number of H-pyrrole nitrogens is 1. The first-order valence-electron chi connectivity index (χ1n) is 6.02. The van der Waals surface area contributed by atoms with Gasteiger partial charge in [-0.1, -0.05) is 29.8 Å². The largest absolute Gasteiger partial charge is 0.310 e. The lowest BCUT2D eigenvalue weighted by molar-refractivity contribution is 0.901. The Balaban J connectivity index is 2.22. The zero-order valence-corrected chi connectivity index (χ0v) is 10.8. The second-order valence-corrected chi connectivity index (χ2v) is 5.09. The van der Waals surface area contributed by atoms with Gasteiger partial charge in [0.2, 0.25) is 0 Å². The van der Waals surface area contributed by atoms with E-state index in [-0.39, 0.29) is 5.56 Å². The van der Waals surface area contributed by atoms with Gasteiger partial charge in [-0.2, -0.15) is 0 Å². The first kappa shape index (κ1) is 11.5. The molecule has 0 aliphatic heterocycles. The molecule has 18 heavy (non-hydrogen) atoms. The van der Waals surface area contributed by atoms with Crippen LogP contribution in [0.1, 0.15) is 30.1 Å². The summed E-state index contributed by atoms with van der Waals surface area (Å²) < 4.78 is 0. The molecule has 0 atom stereocenters. The van der Waals surface area contributed by atoms with Crippen LogP contribution in [-0.2, 0) is 0 Å². The predicted octanol–water partition coefficient (Wildman–Crippen LogP) is 3.28. The Bertz CT molecular complexity index is 659. The third-order valence-electron chi connectivity index (χ3n) is 3.26. The van der Waals surface area contributed by atoms with E-state index in [0.717, 1.165) is 24.2 Å². The Labute approximate surface area is 110 Å². The van der Waals surface area contributed by atoms with E-state index in [1.807, 2.05) is 24.3 Å². The van der Waals surface area contributed by atoms with Gasteiger partial charge in [0.05, 0.1) is 5.69 Å². The van der Waals surface area contributed by atoms with Crippen LogP contribution in [0.2, 0.25) is 5.02 Å². The summed E-state index contributed by atoms with van der Waals surface area (Å²) in [5, 5.41) is 0.625. The lowest BCUT2D eigenvalue weighted by Gasteiger charge is -2.08. The average molecular weight is 261 g/mol. The van der Waals surface area contributed by atoms with Crippen molar-refractivity contribution < 1.29 is 0 Å². The van der Waals surface area contributed by atoms with Crippen molar-refractivity contribution in [3.63, 3.8) is 0 Å². The van der Waals surface area contributed by atoms with Crippen molar-refractivity contribution in [2.45, 2.75) is 25.7 Å². The topological polar surface area (TPSA) is 45.8 Å². The molecule has 0 saturated heterocycles. The highest BCUT2D eigenvalue weighted by atomic mass is 35.5. The maximum Gasteiger partial charge on any atom is 0.254 e. The molecule has 2 aromatic rings. The highest BCUT2D eigenvalue weighted by molar-refractivity contribution is 6.33. The molecule has 3 nitrogen and oxygen atoms in total. The fraction of sp³-hybridized carbons (Fsp3) is 0.286. The van der Waals surface area contributed by atoms with E-state index in [1.54, 1.807) is 6.92 Å². The van der Waals surface area contributed by atoms with Gasteiger partial charge in [0, 0.05) is 22.1 Å². The second kappa shape index (κ2) is 4.25. The molecule has 1 fully saturated rings. The predicted molar refractivity (Wildman–Crippen MR) is 72.0 cm³/mol. The quantitative estimate of drug-likeness (QED) is 0.901. The van der Waals surface area contributed by atoms with Crippen molar-refractivity contribution in [3.05, 3.63) is 51.0 Å². The van der Waals surface area contributed by atoms with Gasteiger partial charge in [-0.25, -0.2) is 4.98 Å². The second-order valence-electron chi connectivity index (χ2n) is 4.68. The molecule has 1 aliphatic carbocycles. The summed E-state index contributed by atoms with van der Waals surface area (Å²) in [5.41, 5.74) is 2.07. The molecule has 0 radical (unpaired) electrons. The smallest absolute Gasteiger partial charge is 0.254 e. The molecule has 92 valence electrons. The number of hydrogen-bond donors (Lipinski definition) is 1. The van der Waals surface area contributed by atoms with Gasteiger partial charge in [0.15, 0.2) is 0 Å². The first-order valence-corrected chi connectivity index (χ1v) is 6.40. The highest BCUT2D eigenvalue weighted by Crippen LogP contribution is 2.38. The van der Waals surface area contributed by atoms with Gasteiger partial charge in [-0.15, -0.1) is 0 Å². The Morgan fingerprint density at radius 2 is 2.06 bits per heavy atom. The molecular weight excluding hydrogens is 248 g/mol. The van der Waals surface area contributed by atoms with Crippen molar-refractivity contribution in [2.24, 2.45) is 0 Å². The van der Waals surface area contributed by atoms with Gasteiger partial charge < -0.3 is 4.98 Å². The fourth-order valence-electron chi connectivity index (χ4n) is 2.02. The first-order chi connectivity index (χ1) is 8.66. The third-order valence-corrected chi connectivity index (χ3v) is 3.59. The van der Waals surface area contributed by atoms with Gasteiger partial charge in [0.25, 0.3) is 5.56 Å². The summed E-state index contributed by atoms with van der Waals surface area (Å²) in [6.07, 6.45) is 2.21. The van der Waals surface area contributed by atoms with Crippen molar-refractivity contribution in [1.82, 2.24) is 9.97 Å². The van der Waals surface area contributed by atoms with E-state index < -0.39 is 0 Å². The molecule has 1 N–H and O–H groups in total. The molecule has 0 unspecified atom stereocenters. The van der Waals surface area contributed by atoms with Crippen molar-refractivity contribution in [3.8, 4) is 11.3 Å². The summed E-state index contributed by atoms with van der Waals surface area (Å²) >= 11 is 6.18. The Morgan fingerprint density at radius 3 is 2.72 bits per heavy atom. The number of hydrogen-bond acceptors (Lipinski definition) is 2. The van der Waals surface area contributed by atoms with Crippen LogP contribution in [0.4, 0.5) is 0 Å². The van der Waals surface area contributed by atoms with Gasteiger partial charge in [-0.05, 0) is 25.8 Å². The zero-order valence-electron chi connectivity index (χ0n) is 10.0. The monoisotopic (exact) mass is 260 g/mol. The van der Waals surface area contributed by atoms with Gasteiger partial charge >= 0.3 is 0 Å². The number of nitrogens with one attached hydrogen (secondary N) is 1. The zero-order chi connectivity index (χ0) is 12.7. The number of aromatic nitrogens is 2. The molecule has 1 aromatic heterocycles. The lowest BCUT2D eigenvalue weighted by Crippen LogP contribution is -2.15. The minimum absolute atomic E-state index is 0.0678. The fourth-order valence-corrected chi connectivity index (χ4v) is 2.24. The van der Waals surface area contributed by atoms with Crippen LogP contribution in [0.3, 0.4) is 0 Å². The summed E-state index contributed by atoms with van der Waals surface area (Å²) in [4.78, 5) is 19.4. The Hall–Kier alpha value is -1.61. The summed E-state index contributed by atoms with van der Waals surface area (Å²) in [5.74, 6) is 1.21. The van der Waals surface area contributed by atoms with E-state index >= 15 is 0 Å². The van der Waals surface area contributed by atoms with Crippen molar-refractivity contribution in [2.75, 3.05) is 0 Å². The number of benzene rings is 1. The van der Waals surface area contributed by atoms with E-state index in [1.165, 1.54) is 0 Å². The number of nitrogens with zero attached hydrogens (tertiary/aromatic N) is 1.